The summed E-state index contributed by atoms with van der Waals surface area (Å²) in [6.45, 7) is 1.60. The molecule has 96 valence electrons. The molecule has 1 saturated heterocycles. The van der Waals surface area contributed by atoms with Crippen molar-refractivity contribution in [2.75, 3.05) is 13.2 Å². The summed E-state index contributed by atoms with van der Waals surface area (Å²) in [7, 11) is -4.99. The topological polar surface area (TPSA) is 110 Å². The summed E-state index contributed by atoms with van der Waals surface area (Å²) >= 11 is 0. The van der Waals surface area contributed by atoms with Crippen LogP contribution in [0.5, 0.6) is 0 Å². The molecule has 2 heterocycles. The number of amides is 2. The number of nitrogens with zero attached hydrogens (tertiary/aromatic N) is 2. The number of hydroxylamine groups is 2. The van der Waals surface area contributed by atoms with Gasteiger partial charge in [0, 0.05) is 0 Å². The summed E-state index contributed by atoms with van der Waals surface area (Å²) in [6, 6.07) is -1.85. The van der Waals surface area contributed by atoms with E-state index in [4.69, 9.17) is 5.11 Å². The van der Waals surface area contributed by atoms with Crippen LogP contribution in [-0.2, 0) is 14.7 Å². The Morgan fingerprint density at radius 1 is 1.61 bits per heavy atom. The summed E-state index contributed by atoms with van der Waals surface area (Å²) in [5, 5.41) is 9.63. The molecule has 2 bridgehead atoms. The predicted molar refractivity (Wildman–Crippen MR) is 53.1 cm³/mol. The zero-order chi connectivity index (χ0) is 12.8. The maximum Gasteiger partial charge on any atom is 1.00 e. The first-order valence-corrected chi connectivity index (χ1v) is 6.21. The van der Waals surface area contributed by atoms with Crippen molar-refractivity contribution in [2.24, 2.45) is 0 Å². The van der Waals surface area contributed by atoms with Gasteiger partial charge in [0.1, 0.15) is 6.04 Å². The van der Waals surface area contributed by atoms with E-state index in [-0.39, 0.29) is 42.7 Å². The molecule has 1 fully saturated rings. The first-order valence-electron chi connectivity index (χ1n) is 4.88. The maximum atomic E-state index is 11.8. The molecule has 0 radical (unpaired) electrons. The van der Waals surface area contributed by atoms with Gasteiger partial charge >= 0.3 is 35.6 Å². The molecule has 0 saturated carbocycles. The van der Waals surface area contributed by atoms with E-state index in [1.165, 1.54) is 4.90 Å². The first-order chi connectivity index (χ1) is 7.83. The molecule has 1 N–H and O–H groups in total. The van der Waals surface area contributed by atoms with Gasteiger partial charge in [0.2, 0.25) is 10.4 Å². The molecule has 2 atom stereocenters. The zero-order valence-corrected chi connectivity index (χ0v) is 12.8. The molecule has 0 aliphatic carbocycles. The average molecular weight is 286 g/mol. The second-order valence-electron chi connectivity index (χ2n) is 3.92. The van der Waals surface area contributed by atoms with Gasteiger partial charge in [0.15, 0.2) is 0 Å². The van der Waals surface area contributed by atoms with Gasteiger partial charge in [-0.3, -0.25) is 0 Å². The molecular weight excluding hydrogens is 275 g/mol. The maximum absolute atomic E-state index is 11.8. The van der Waals surface area contributed by atoms with Gasteiger partial charge in [-0.1, -0.05) is 6.08 Å². The van der Waals surface area contributed by atoms with Crippen molar-refractivity contribution in [1.82, 2.24) is 9.96 Å². The molecular formula is C8H11N2NaO6S. The number of hydrogen-bond donors (Lipinski definition) is 1. The Morgan fingerprint density at radius 2 is 2.22 bits per heavy atom. The quantitative estimate of drug-likeness (QED) is 0.244. The summed E-state index contributed by atoms with van der Waals surface area (Å²) in [4.78, 5) is 13.0. The van der Waals surface area contributed by atoms with Crippen molar-refractivity contribution in [3.8, 4) is 0 Å². The third-order valence-electron chi connectivity index (χ3n) is 2.83. The summed E-state index contributed by atoms with van der Waals surface area (Å²) < 4.78 is 35.7. The largest absolute Gasteiger partial charge is 1.00 e. The SMILES string of the molecule is CC1=C[C@@H](CO)N2C[C@@H]1N(OS(=O)(=O)[O-])C2=O.[Na+]. The van der Waals surface area contributed by atoms with Gasteiger partial charge in [-0.15, -0.1) is 0 Å². The Balaban J connectivity index is 0.00000162. The standard InChI is InChI=1S/C8H12N2O6S.Na/c1-5-2-6(4-11)9-3-7(5)10(8(9)12)16-17(13,14)15;/h2,6-7,11H,3-4H2,1H3,(H,13,14,15);/q;+1/p-1/t6-,7-;/m0./s1. The summed E-state index contributed by atoms with van der Waals surface area (Å²) in [6.07, 6.45) is 1.65. The van der Waals surface area contributed by atoms with Crippen LogP contribution in [0.15, 0.2) is 11.6 Å². The van der Waals surface area contributed by atoms with Crippen molar-refractivity contribution in [3.05, 3.63) is 11.6 Å². The van der Waals surface area contributed by atoms with Gasteiger partial charge in [-0.25, -0.2) is 13.2 Å². The fourth-order valence-electron chi connectivity index (χ4n) is 2.04. The van der Waals surface area contributed by atoms with Gasteiger partial charge < -0.3 is 14.6 Å². The van der Waals surface area contributed by atoms with Crippen LogP contribution in [0.25, 0.3) is 0 Å². The zero-order valence-electron chi connectivity index (χ0n) is 9.94. The number of urea groups is 1. The molecule has 0 aromatic rings. The number of carbonyl (C=O) groups is 1. The second-order valence-corrected chi connectivity index (χ2v) is 4.89. The van der Waals surface area contributed by atoms with Gasteiger partial charge in [-0.2, -0.15) is 9.35 Å². The van der Waals surface area contributed by atoms with E-state index >= 15 is 0 Å². The fourth-order valence-corrected chi connectivity index (χ4v) is 2.41. The Bertz CT molecular complexity index is 478. The van der Waals surface area contributed by atoms with E-state index in [0.29, 0.717) is 10.6 Å². The Kier molecular flexibility index (Phi) is 4.81. The minimum Gasteiger partial charge on any atom is -0.724 e. The van der Waals surface area contributed by atoms with Gasteiger partial charge in [-0.05, 0) is 12.5 Å². The monoisotopic (exact) mass is 286 g/mol. The predicted octanol–water partition coefficient (Wildman–Crippen LogP) is -4.19. The van der Waals surface area contributed by atoms with Crippen LogP contribution in [-0.4, -0.2) is 59.3 Å². The number of fused-ring (bicyclic) bond motifs is 2. The van der Waals surface area contributed by atoms with Crippen molar-refractivity contribution in [3.63, 3.8) is 0 Å². The van der Waals surface area contributed by atoms with E-state index < -0.39 is 28.5 Å². The average Bonchev–Trinajstić information content (AvgIpc) is 2.48. The molecule has 10 heteroatoms. The second kappa shape index (κ2) is 5.45. The van der Waals surface area contributed by atoms with Crippen LogP contribution >= 0.6 is 0 Å². The molecule has 18 heavy (non-hydrogen) atoms. The van der Waals surface area contributed by atoms with Crippen LogP contribution in [0.1, 0.15) is 6.92 Å². The Hall–Kier alpha value is -0.160. The number of aliphatic hydroxyl groups excluding tert-OH is 1. The van der Waals surface area contributed by atoms with Crippen LogP contribution < -0.4 is 29.6 Å². The smallest absolute Gasteiger partial charge is 0.724 e. The Labute approximate surface area is 126 Å². The fraction of sp³-hybridized carbons (Fsp3) is 0.625. The molecule has 2 amide bonds. The number of aliphatic hydroxyl groups is 1. The molecule has 2 aliphatic heterocycles. The third-order valence-corrected chi connectivity index (χ3v) is 3.17. The number of carbonyl (C=O) groups excluding carboxylic acids is 1. The first kappa shape index (κ1) is 15.9. The van der Waals surface area contributed by atoms with E-state index in [2.05, 4.69) is 4.28 Å². The van der Waals surface area contributed by atoms with Crippen LogP contribution in [0, 0.1) is 0 Å². The molecule has 0 unspecified atom stereocenters. The Morgan fingerprint density at radius 3 is 2.72 bits per heavy atom. The minimum atomic E-state index is -4.99. The molecule has 0 aromatic heterocycles. The van der Waals surface area contributed by atoms with Gasteiger partial charge in [0.05, 0.1) is 19.2 Å². The van der Waals surface area contributed by atoms with Crippen molar-refractivity contribution < 1.29 is 56.7 Å². The van der Waals surface area contributed by atoms with E-state index in [1.807, 2.05) is 0 Å². The van der Waals surface area contributed by atoms with Gasteiger partial charge in [0.25, 0.3) is 0 Å². The van der Waals surface area contributed by atoms with Crippen molar-refractivity contribution in [2.45, 2.75) is 19.0 Å². The van der Waals surface area contributed by atoms with E-state index in [0.717, 1.165) is 0 Å². The molecule has 8 nitrogen and oxygen atoms in total. The molecule has 0 aromatic carbocycles. The molecule has 2 aliphatic rings. The summed E-state index contributed by atoms with van der Waals surface area (Å²) in [5.74, 6) is 0. The molecule has 0 spiro atoms. The van der Waals surface area contributed by atoms with E-state index in [1.54, 1.807) is 13.0 Å². The van der Waals surface area contributed by atoms with Crippen molar-refractivity contribution in [1.29, 1.82) is 0 Å². The normalized spacial score (nSPS) is 27.1. The van der Waals surface area contributed by atoms with Crippen LogP contribution in [0.2, 0.25) is 0 Å². The van der Waals surface area contributed by atoms with E-state index in [9.17, 15) is 17.8 Å². The van der Waals surface area contributed by atoms with Crippen LogP contribution in [0.4, 0.5) is 4.79 Å². The van der Waals surface area contributed by atoms with Crippen LogP contribution in [0.3, 0.4) is 0 Å². The number of rotatable bonds is 3. The third kappa shape index (κ3) is 2.87. The number of hydrogen-bond acceptors (Lipinski definition) is 6. The summed E-state index contributed by atoms with van der Waals surface area (Å²) in [5.41, 5.74) is 0.676. The molecule has 2 rings (SSSR count). The van der Waals surface area contributed by atoms with Crippen molar-refractivity contribution >= 4 is 16.4 Å². The minimum absolute atomic E-state index is 0.